The van der Waals surface area contributed by atoms with Crippen molar-refractivity contribution < 1.29 is 4.74 Å². The van der Waals surface area contributed by atoms with Gasteiger partial charge in [-0.1, -0.05) is 24.3 Å². The number of methoxy groups -OCH3 is 1. The number of ether oxygens (including phenoxy) is 1. The molecule has 3 heterocycles. The van der Waals surface area contributed by atoms with Crippen molar-refractivity contribution in [3.63, 3.8) is 0 Å². The number of nitriles is 1. The summed E-state index contributed by atoms with van der Waals surface area (Å²) in [6.45, 7) is 2.02. The van der Waals surface area contributed by atoms with E-state index >= 15 is 0 Å². The lowest BCUT2D eigenvalue weighted by atomic mass is 9.74. The fraction of sp³-hybridized carbons (Fsp3) is 0.154. The van der Waals surface area contributed by atoms with Gasteiger partial charge in [0.15, 0.2) is 0 Å². The molecule has 0 aliphatic heterocycles. The Labute approximate surface area is 182 Å². The van der Waals surface area contributed by atoms with Gasteiger partial charge in [-0.2, -0.15) is 5.26 Å². The van der Waals surface area contributed by atoms with Crippen molar-refractivity contribution in [1.29, 1.82) is 5.26 Å². The van der Waals surface area contributed by atoms with Crippen LogP contribution in [0.15, 0.2) is 85.6 Å². The third-order valence-electron chi connectivity index (χ3n) is 5.34. The molecule has 4 aromatic rings. The number of pyridine rings is 3. The third-order valence-corrected chi connectivity index (χ3v) is 5.34. The van der Waals surface area contributed by atoms with Crippen LogP contribution in [0.3, 0.4) is 0 Å². The number of aromatic nitrogens is 3. The first-order chi connectivity index (χ1) is 15.2. The van der Waals surface area contributed by atoms with Gasteiger partial charge >= 0.3 is 0 Å². The smallest absolute Gasteiger partial charge is 0.216 e. The van der Waals surface area contributed by atoms with Gasteiger partial charge in [-0.15, -0.1) is 0 Å². The highest BCUT2D eigenvalue weighted by molar-refractivity contribution is 5.49. The second kappa shape index (κ2) is 9.19. The number of benzene rings is 1. The molecule has 5 heteroatoms. The number of aryl methyl sites for hydroxylation is 1. The standard InChI is InChI=1S/C26H22N4O/c1-18-12-23(26(31-2)30-15-18)25(20-7-3-6-19(13-20)14-27)24(21-8-4-10-28-16-21)22-9-5-11-29-17-22/h3-13,15-17,24-25H,1-2H3. The summed E-state index contributed by atoms with van der Waals surface area (Å²) in [6, 6.07) is 20.1. The molecule has 152 valence electrons. The molecule has 0 aliphatic carbocycles. The third kappa shape index (κ3) is 4.29. The van der Waals surface area contributed by atoms with E-state index in [1.807, 2.05) is 55.7 Å². The minimum Gasteiger partial charge on any atom is -0.481 e. The number of hydrogen-bond acceptors (Lipinski definition) is 5. The monoisotopic (exact) mass is 406 g/mol. The predicted molar refractivity (Wildman–Crippen MR) is 119 cm³/mol. The van der Waals surface area contributed by atoms with Crippen molar-refractivity contribution in [2.24, 2.45) is 0 Å². The highest BCUT2D eigenvalue weighted by Crippen LogP contribution is 2.45. The first-order valence-corrected chi connectivity index (χ1v) is 10.0. The van der Waals surface area contributed by atoms with Gasteiger partial charge in [0.25, 0.3) is 0 Å². The van der Waals surface area contributed by atoms with Crippen LogP contribution in [-0.2, 0) is 0 Å². The van der Waals surface area contributed by atoms with Crippen molar-refractivity contribution >= 4 is 0 Å². The van der Waals surface area contributed by atoms with Crippen LogP contribution >= 0.6 is 0 Å². The number of hydrogen-bond donors (Lipinski definition) is 0. The fourth-order valence-electron chi connectivity index (χ4n) is 4.02. The van der Waals surface area contributed by atoms with Crippen LogP contribution in [0.1, 0.15) is 45.2 Å². The Balaban J connectivity index is 2.02. The Morgan fingerprint density at radius 1 is 0.839 bits per heavy atom. The van der Waals surface area contributed by atoms with Crippen molar-refractivity contribution in [2.45, 2.75) is 18.8 Å². The summed E-state index contributed by atoms with van der Waals surface area (Å²) in [5.41, 5.74) is 5.70. The second-order valence-corrected chi connectivity index (χ2v) is 7.38. The molecule has 1 unspecified atom stereocenters. The lowest BCUT2D eigenvalue weighted by molar-refractivity contribution is 0.388. The molecule has 0 amide bonds. The fourth-order valence-corrected chi connectivity index (χ4v) is 4.02. The van der Waals surface area contributed by atoms with Gasteiger partial charge in [-0.25, -0.2) is 4.98 Å². The van der Waals surface area contributed by atoms with Crippen LogP contribution in [-0.4, -0.2) is 22.1 Å². The maximum Gasteiger partial charge on any atom is 0.216 e. The molecule has 0 fully saturated rings. The summed E-state index contributed by atoms with van der Waals surface area (Å²) in [5.74, 6) is 0.300. The van der Waals surface area contributed by atoms with Gasteiger partial charge in [-0.3, -0.25) is 9.97 Å². The van der Waals surface area contributed by atoms with E-state index < -0.39 is 0 Å². The molecule has 0 saturated carbocycles. The molecule has 0 radical (unpaired) electrons. The number of rotatable bonds is 6. The zero-order valence-electron chi connectivity index (χ0n) is 17.4. The summed E-state index contributed by atoms with van der Waals surface area (Å²) in [5, 5.41) is 9.52. The molecule has 5 nitrogen and oxygen atoms in total. The molecule has 31 heavy (non-hydrogen) atoms. The molecular weight excluding hydrogens is 384 g/mol. The van der Waals surface area contributed by atoms with Gasteiger partial charge < -0.3 is 4.74 Å². The summed E-state index contributed by atoms with van der Waals surface area (Å²) in [7, 11) is 1.63. The molecular formula is C26H22N4O. The predicted octanol–water partition coefficient (Wildman–Crippen LogP) is 5.02. The second-order valence-electron chi connectivity index (χ2n) is 7.38. The first-order valence-electron chi connectivity index (χ1n) is 10.0. The van der Waals surface area contributed by atoms with Crippen LogP contribution in [0.4, 0.5) is 0 Å². The minimum absolute atomic E-state index is 0.103. The Kier molecular flexibility index (Phi) is 6.00. The SMILES string of the molecule is COc1ncc(C)cc1C(c1cccc(C#N)c1)C(c1cccnc1)c1cccnc1. The van der Waals surface area contributed by atoms with E-state index in [0.717, 1.165) is 27.8 Å². The highest BCUT2D eigenvalue weighted by atomic mass is 16.5. The molecule has 0 aliphatic rings. The average molecular weight is 406 g/mol. The lowest BCUT2D eigenvalue weighted by Crippen LogP contribution is -2.17. The van der Waals surface area contributed by atoms with Gasteiger partial charge in [-0.05, 0) is 59.5 Å². The van der Waals surface area contributed by atoms with E-state index in [1.165, 1.54) is 0 Å². The molecule has 0 N–H and O–H groups in total. The van der Waals surface area contributed by atoms with Crippen molar-refractivity contribution in [2.75, 3.05) is 7.11 Å². The van der Waals surface area contributed by atoms with E-state index in [9.17, 15) is 5.26 Å². The van der Waals surface area contributed by atoms with Gasteiger partial charge in [0.2, 0.25) is 5.88 Å². The van der Waals surface area contributed by atoms with Crippen molar-refractivity contribution in [3.05, 3.63) is 119 Å². The average Bonchev–Trinajstić information content (AvgIpc) is 2.83. The lowest BCUT2D eigenvalue weighted by Gasteiger charge is -2.30. The van der Waals surface area contributed by atoms with E-state index in [1.54, 1.807) is 25.7 Å². The molecule has 4 rings (SSSR count). The molecule has 0 spiro atoms. The molecule has 0 saturated heterocycles. The quantitative estimate of drug-likeness (QED) is 0.449. The summed E-state index contributed by atoms with van der Waals surface area (Å²) >= 11 is 0. The first kappa shape index (κ1) is 20.2. The van der Waals surface area contributed by atoms with Crippen LogP contribution in [0.25, 0.3) is 0 Å². The Bertz CT molecular complexity index is 1160. The maximum atomic E-state index is 9.52. The Morgan fingerprint density at radius 2 is 1.52 bits per heavy atom. The van der Waals surface area contributed by atoms with Gasteiger partial charge in [0.05, 0.1) is 18.7 Å². The van der Waals surface area contributed by atoms with E-state index in [2.05, 4.69) is 39.2 Å². The minimum atomic E-state index is -0.163. The van der Waals surface area contributed by atoms with E-state index in [4.69, 9.17) is 4.74 Å². The van der Waals surface area contributed by atoms with Crippen LogP contribution < -0.4 is 4.74 Å². The van der Waals surface area contributed by atoms with E-state index in [0.29, 0.717) is 11.4 Å². The van der Waals surface area contributed by atoms with Crippen molar-refractivity contribution in [1.82, 2.24) is 15.0 Å². The molecule has 1 atom stereocenters. The van der Waals surface area contributed by atoms with Crippen molar-refractivity contribution in [3.8, 4) is 11.9 Å². The summed E-state index contributed by atoms with van der Waals surface area (Å²) in [4.78, 5) is 13.3. The zero-order valence-corrected chi connectivity index (χ0v) is 17.4. The largest absolute Gasteiger partial charge is 0.481 e. The van der Waals surface area contributed by atoms with Gasteiger partial charge in [0.1, 0.15) is 0 Å². The van der Waals surface area contributed by atoms with E-state index in [-0.39, 0.29) is 11.8 Å². The van der Waals surface area contributed by atoms with Crippen LogP contribution in [0, 0.1) is 18.3 Å². The van der Waals surface area contributed by atoms with Crippen LogP contribution in [0.2, 0.25) is 0 Å². The number of nitrogens with zero attached hydrogens (tertiary/aromatic N) is 4. The molecule has 3 aromatic heterocycles. The summed E-state index contributed by atoms with van der Waals surface area (Å²) in [6.07, 6.45) is 9.10. The normalized spacial score (nSPS) is 11.7. The summed E-state index contributed by atoms with van der Waals surface area (Å²) < 4.78 is 5.67. The zero-order chi connectivity index (χ0) is 21.6. The van der Waals surface area contributed by atoms with Gasteiger partial charge in [0, 0.05) is 48.4 Å². The molecule has 0 bridgehead atoms. The topological polar surface area (TPSA) is 71.7 Å². The molecule has 1 aromatic carbocycles. The van der Waals surface area contributed by atoms with Crippen LogP contribution in [0.5, 0.6) is 5.88 Å². The highest BCUT2D eigenvalue weighted by Gasteiger charge is 2.31. The maximum absolute atomic E-state index is 9.52. The Hall–Kier alpha value is -4.04. The Morgan fingerprint density at radius 3 is 2.10 bits per heavy atom.